The van der Waals surface area contributed by atoms with Crippen LogP contribution in [0.2, 0.25) is 0 Å². The summed E-state index contributed by atoms with van der Waals surface area (Å²) in [5.41, 5.74) is 2.62. The molecule has 2 unspecified atom stereocenters. The fraction of sp³-hybridized carbons (Fsp3) is 0.400. The van der Waals surface area contributed by atoms with Gasteiger partial charge in [-0.25, -0.2) is 0 Å². The number of rotatable bonds is 3. The van der Waals surface area contributed by atoms with E-state index in [9.17, 15) is 9.90 Å². The summed E-state index contributed by atoms with van der Waals surface area (Å²) in [6.07, 6.45) is 10.5. The van der Waals surface area contributed by atoms with Crippen molar-refractivity contribution in [3.05, 3.63) is 60.0 Å². The van der Waals surface area contributed by atoms with Crippen LogP contribution in [0.15, 0.2) is 53.9 Å². The van der Waals surface area contributed by atoms with Gasteiger partial charge in [0.25, 0.3) is 5.91 Å². The Balaban J connectivity index is 1.43. The smallest absolute Gasteiger partial charge is 0.251 e. The standard InChI is InChI=1S/C20H22N2O3/c23-16-7-5-15(6-8-16)22-20(24)14-3-1-13(2-4-14)19-17-10-12-25-18(17)9-11-21-19/h1-4,9-12,15-18,23H,5-8H2,(H,22,24)/t15-,16+,17?,18?. The van der Waals surface area contributed by atoms with Crippen LogP contribution < -0.4 is 5.32 Å². The van der Waals surface area contributed by atoms with Crippen LogP contribution in [0.25, 0.3) is 0 Å². The first-order chi connectivity index (χ1) is 12.2. The van der Waals surface area contributed by atoms with Gasteiger partial charge in [0.05, 0.1) is 24.0 Å². The number of carbonyl (C=O) groups excluding carboxylic acids is 1. The second-order valence-corrected chi connectivity index (χ2v) is 6.87. The van der Waals surface area contributed by atoms with Crippen LogP contribution >= 0.6 is 0 Å². The molecule has 2 heterocycles. The average molecular weight is 338 g/mol. The number of fused-ring (bicyclic) bond motifs is 1. The lowest BCUT2D eigenvalue weighted by molar-refractivity contribution is 0.0867. The highest BCUT2D eigenvalue weighted by atomic mass is 16.5. The molecule has 5 nitrogen and oxygen atoms in total. The maximum absolute atomic E-state index is 12.4. The summed E-state index contributed by atoms with van der Waals surface area (Å²) in [7, 11) is 0. The highest BCUT2D eigenvalue weighted by Gasteiger charge is 2.30. The van der Waals surface area contributed by atoms with Crippen LogP contribution in [0.3, 0.4) is 0 Å². The molecule has 1 saturated carbocycles. The van der Waals surface area contributed by atoms with E-state index in [-0.39, 0.29) is 30.1 Å². The third-order valence-corrected chi connectivity index (χ3v) is 5.16. The quantitative estimate of drug-likeness (QED) is 0.890. The van der Waals surface area contributed by atoms with Crippen LogP contribution in [0.5, 0.6) is 0 Å². The molecule has 0 aromatic heterocycles. The molecule has 1 aliphatic carbocycles. The molecule has 2 aliphatic heterocycles. The van der Waals surface area contributed by atoms with Crippen molar-refractivity contribution in [2.24, 2.45) is 10.9 Å². The lowest BCUT2D eigenvalue weighted by Crippen LogP contribution is -2.38. The Morgan fingerprint density at radius 3 is 2.64 bits per heavy atom. The summed E-state index contributed by atoms with van der Waals surface area (Å²) in [5.74, 6) is 0.0822. The van der Waals surface area contributed by atoms with Gasteiger partial charge in [-0.3, -0.25) is 9.79 Å². The van der Waals surface area contributed by atoms with Gasteiger partial charge in [-0.05, 0) is 55.5 Å². The second-order valence-electron chi connectivity index (χ2n) is 6.87. The van der Waals surface area contributed by atoms with Gasteiger partial charge in [-0.15, -0.1) is 0 Å². The SMILES string of the molecule is O=C(N[C@H]1CC[C@@H](O)CC1)c1ccc(C2=NC=CC3OC=CC23)cc1. The number of nitrogens with one attached hydrogen (secondary N) is 1. The Morgan fingerprint density at radius 2 is 1.88 bits per heavy atom. The minimum atomic E-state index is -0.213. The molecule has 0 radical (unpaired) electrons. The molecular formula is C20H22N2O3. The molecule has 0 saturated heterocycles. The minimum absolute atomic E-state index is 0.0251. The Labute approximate surface area is 147 Å². The Morgan fingerprint density at radius 1 is 1.12 bits per heavy atom. The van der Waals surface area contributed by atoms with Crippen LogP contribution in [0, 0.1) is 5.92 Å². The van der Waals surface area contributed by atoms with E-state index in [2.05, 4.69) is 10.3 Å². The van der Waals surface area contributed by atoms with Gasteiger partial charge in [-0.2, -0.15) is 0 Å². The lowest BCUT2D eigenvalue weighted by Gasteiger charge is -2.26. The largest absolute Gasteiger partial charge is 0.493 e. The van der Waals surface area contributed by atoms with E-state index in [1.165, 1.54) is 0 Å². The maximum atomic E-state index is 12.4. The summed E-state index contributed by atoms with van der Waals surface area (Å²) < 4.78 is 5.53. The summed E-state index contributed by atoms with van der Waals surface area (Å²) in [5, 5.41) is 12.6. The lowest BCUT2D eigenvalue weighted by atomic mass is 9.90. The molecule has 0 spiro atoms. The van der Waals surface area contributed by atoms with Crippen molar-refractivity contribution in [3.63, 3.8) is 0 Å². The topological polar surface area (TPSA) is 70.9 Å². The van der Waals surface area contributed by atoms with Gasteiger partial charge >= 0.3 is 0 Å². The predicted octanol–water partition coefficient (Wildman–Crippen LogP) is 2.57. The maximum Gasteiger partial charge on any atom is 0.251 e. The summed E-state index contributed by atoms with van der Waals surface area (Å²) in [6, 6.07) is 7.74. The highest BCUT2D eigenvalue weighted by Crippen LogP contribution is 2.27. The first-order valence-corrected chi connectivity index (χ1v) is 8.86. The normalized spacial score (nSPS) is 30.4. The Hall–Kier alpha value is -2.40. The highest BCUT2D eigenvalue weighted by molar-refractivity contribution is 6.05. The molecule has 2 atom stereocenters. The fourth-order valence-corrected chi connectivity index (χ4v) is 3.67. The third kappa shape index (κ3) is 3.37. The molecular weight excluding hydrogens is 316 g/mol. The monoisotopic (exact) mass is 338 g/mol. The number of aliphatic imine (C=N–C) groups is 1. The van der Waals surface area contributed by atoms with Crippen LogP contribution in [0.4, 0.5) is 0 Å². The summed E-state index contributed by atoms with van der Waals surface area (Å²) in [4.78, 5) is 16.9. The number of aliphatic hydroxyl groups is 1. The van der Waals surface area contributed by atoms with Crippen LogP contribution in [0.1, 0.15) is 41.6 Å². The van der Waals surface area contributed by atoms with Gasteiger partial charge in [-0.1, -0.05) is 12.1 Å². The molecule has 4 rings (SSSR count). The van der Waals surface area contributed by atoms with E-state index in [0.717, 1.165) is 37.0 Å². The molecule has 3 aliphatic rings. The van der Waals surface area contributed by atoms with Crippen molar-refractivity contribution in [2.75, 3.05) is 0 Å². The molecule has 1 aromatic carbocycles. The van der Waals surface area contributed by atoms with E-state index >= 15 is 0 Å². The van der Waals surface area contributed by atoms with Crippen LogP contribution in [-0.2, 0) is 4.74 Å². The first kappa shape index (κ1) is 16.1. The van der Waals surface area contributed by atoms with E-state index in [0.29, 0.717) is 5.56 Å². The van der Waals surface area contributed by atoms with Crippen molar-refractivity contribution in [3.8, 4) is 0 Å². The Bertz CT molecular complexity index is 728. The van der Waals surface area contributed by atoms with Gasteiger partial charge < -0.3 is 15.2 Å². The van der Waals surface area contributed by atoms with E-state index in [1.807, 2.05) is 36.4 Å². The molecule has 2 N–H and O–H groups in total. The summed E-state index contributed by atoms with van der Waals surface area (Å²) in [6.45, 7) is 0. The first-order valence-electron chi connectivity index (χ1n) is 8.86. The van der Waals surface area contributed by atoms with Crippen molar-refractivity contribution >= 4 is 11.6 Å². The zero-order chi connectivity index (χ0) is 17.2. The summed E-state index contributed by atoms with van der Waals surface area (Å²) >= 11 is 0. The van der Waals surface area contributed by atoms with Crippen molar-refractivity contribution in [1.82, 2.24) is 5.32 Å². The van der Waals surface area contributed by atoms with E-state index < -0.39 is 0 Å². The van der Waals surface area contributed by atoms with Gasteiger partial charge in [0.2, 0.25) is 0 Å². The molecule has 0 bridgehead atoms. The van der Waals surface area contributed by atoms with Gasteiger partial charge in [0.1, 0.15) is 6.10 Å². The number of nitrogens with zero attached hydrogens (tertiary/aromatic N) is 1. The van der Waals surface area contributed by atoms with E-state index in [1.54, 1.807) is 12.5 Å². The average Bonchev–Trinajstić information content (AvgIpc) is 3.12. The molecule has 1 fully saturated rings. The zero-order valence-electron chi connectivity index (χ0n) is 14.0. The minimum Gasteiger partial charge on any atom is -0.493 e. The number of amides is 1. The predicted molar refractivity (Wildman–Crippen MR) is 95.4 cm³/mol. The Kier molecular flexibility index (Phi) is 4.40. The molecule has 1 amide bonds. The van der Waals surface area contributed by atoms with Gasteiger partial charge in [0.15, 0.2) is 0 Å². The number of benzene rings is 1. The fourth-order valence-electron chi connectivity index (χ4n) is 3.67. The molecule has 130 valence electrons. The number of hydrogen-bond donors (Lipinski definition) is 2. The number of aliphatic hydroxyl groups excluding tert-OH is 1. The number of carbonyl (C=O) groups is 1. The molecule has 25 heavy (non-hydrogen) atoms. The van der Waals surface area contributed by atoms with Crippen molar-refractivity contribution in [2.45, 2.75) is 43.9 Å². The van der Waals surface area contributed by atoms with Crippen molar-refractivity contribution in [1.29, 1.82) is 0 Å². The second kappa shape index (κ2) is 6.84. The number of hydrogen-bond acceptors (Lipinski definition) is 4. The molecule has 5 heteroatoms. The third-order valence-electron chi connectivity index (χ3n) is 5.16. The van der Waals surface area contributed by atoms with Crippen molar-refractivity contribution < 1.29 is 14.6 Å². The van der Waals surface area contributed by atoms with E-state index in [4.69, 9.17) is 4.74 Å². The molecule has 1 aromatic rings. The number of ether oxygens (including phenoxy) is 1. The van der Waals surface area contributed by atoms with Crippen LogP contribution in [-0.4, -0.2) is 35.0 Å². The van der Waals surface area contributed by atoms with Gasteiger partial charge in [0, 0.05) is 17.8 Å². The zero-order valence-corrected chi connectivity index (χ0v) is 14.0.